The molecule has 0 aromatic rings. The van der Waals surface area contributed by atoms with Crippen LogP contribution in [0.15, 0.2) is 4.99 Å². The fraction of sp³-hybridized carbons (Fsp3) is 0.909. The molecule has 0 bridgehead atoms. The monoisotopic (exact) mass is 228 g/mol. The molecule has 1 aliphatic heterocycles. The molecule has 3 nitrogen and oxygen atoms in total. The fourth-order valence-electron chi connectivity index (χ4n) is 2.20. The molecule has 3 unspecified atom stereocenters. The van der Waals surface area contributed by atoms with E-state index >= 15 is 0 Å². The lowest BCUT2D eigenvalue weighted by molar-refractivity contribution is -0.0850. The molecule has 0 aromatic carbocycles. The van der Waals surface area contributed by atoms with E-state index in [-0.39, 0.29) is 5.41 Å². The second-order valence-electron chi connectivity index (χ2n) is 5.09. The first-order chi connectivity index (χ1) is 7.04. The highest BCUT2D eigenvalue weighted by Crippen LogP contribution is 2.45. The smallest absolute Gasteiger partial charge is 0.157 e. The number of hydrogen-bond donors (Lipinski definition) is 1. The van der Waals surface area contributed by atoms with Crippen LogP contribution in [-0.4, -0.2) is 36.2 Å². The Hall–Kier alpha value is -0.220. The van der Waals surface area contributed by atoms with Gasteiger partial charge in [0, 0.05) is 24.3 Å². The van der Waals surface area contributed by atoms with Crippen molar-refractivity contribution in [2.75, 3.05) is 12.9 Å². The predicted molar refractivity (Wildman–Crippen MR) is 65.5 cm³/mol. The van der Waals surface area contributed by atoms with Crippen LogP contribution in [0.5, 0.6) is 0 Å². The van der Waals surface area contributed by atoms with Gasteiger partial charge < -0.3 is 10.1 Å². The standard InChI is InChI=1S/C11H20N2OS/c1-7-6-15-10(12-7)13-8-5-9(14-4)11(8,2)3/h7-9H,5-6H2,1-4H3,(H,12,13). The molecular weight excluding hydrogens is 208 g/mol. The van der Waals surface area contributed by atoms with Crippen LogP contribution in [0.4, 0.5) is 0 Å². The lowest BCUT2D eigenvalue weighted by Crippen LogP contribution is -2.53. The fourth-order valence-corrected chi connectivity index (χ4v) is 3.18. The van der Waals surface area contributed by atoms with Gasteiger partial charge in [-0.2, -0.15) is 0 Å². The minimum Gasteiger partial charge on any atom is -0.381 e. The summed E-state index contributed by atoms with van der Waals surface area (Å²) in [6.45, 7) is 6.67. The Kier molecular flexibility index (Phi) is 2.99. The largest absolute Gasteiger partial charge is 0.381 e. The van der Waals surface area contributed by atoms with Crippen molar-refractivity contribution in [3.8, 4) is 0 Å². The third kappa shape index (κ3) is 2.02. The third-order valence-corrected chi connectivity index (χ3v) is 4.69. The topological polar surface area (TPSA) is 33.6 Å². The van der Waals surface area contributed by atoms with Gasteiger partial charge in [0.1, 0.15) is 0 Å². The molecule has 1 saturated carbocycles. The van der Waals surface area contributed by atoms with E-state index in [9.17, 15) is 0 Å². The highest BCUT2D eigenvalue weighted by Gasteiger charge is 2.49. The molecule has 2 fully saturated rings. The first-order valence-corrected chi connectivity index (χ1v) is 6.52. The summed E-state index contributed by atoms with van der Waals surface area (Å²) >= 11 is 1.84. The zero-order valence-corrected chi connectivity index (χ0v) is 10.7. The van der Waals surface area contributed by atoms with E-state index in [4.69, 9.17) is 9.73 Å². The maximum absolute atomic E-state index is 5.42. The zero-order chi connectivity index (χ0) is 11.1. The summed E-state index contributed by atoms with van der Waals surface area (Å²) < 4.78 is 5.42. The van der Waals surface area contributed by atoms with E-state index in [0.29, 0.717) is 18.2 Å². The van der Waals surface area contributed by atoms with Crippen molar-refractivity contribution in [3.63, 3.8) is 0 Å². The Bertz CT molecular complexity index is 278. The third-order valence-electron chi connectivity index (χ3n) is 3.52. The normalized spacial score (nSPS) is 41.3. The second kappa shape index (κ2) is 3.98. The number of ether oxygens (including phenoxy) is 1. The number of rotatable bonds is 2. The minimum atomic E-state index is 0.190. The molecule has 0 radical (unpaired) electrons. The molecule has 0 spiro atoms. The summed E-state index contributed by atoms with van der Waals surface area (Å²) in [7, 11) is 1.79. The summed E-state index contributed by atoms with van der Waals surface area (Å²) in [5.41, 5.74) is 0.190. The van der Waals surface area contributed by atoms with E-state index in [0.717, 1.165) is 17.3 Å². The average Bonchev–Trinajstić information content (AvgIpc) is 2.58. The van der Waals surface area contributed by atoms with E-state index in [1.807, 2.05) is 11.8 Å². The molecule has 1 aliphatic carbocycles. The maximum atomic E-state index is 5.42. The van der Waals surface area contributed by atoms with Crippen molar-refractivity contribution >= 4 is 16.9 Å². The molecule has 4 heteroatoms. The number of aliphatic imine (C=N–C) groups is 1. The lowest BCUT2D eigenvalue weighted by atomic mass is 9.65. The van der Waals surface area contributed by atoms with Crippen LogP contribution in [-0.2, 0) is 4.74 Å². The van der Waals surface area contributed by atoms with Gasteiger partial charge in [0.15, 0.2) is 5.17 Å². The predicted octanol–water partition coefficient (Wildman–Crippen LogP) is 1.88. The van der Waals surface area contributed by atoms with Gasteiger partial charge >= 0.3 is 0 Å². The van der Waals surface area contributed by atoms with Gasteiger partial charge in [0.25, 0.3) is 0 Å². The zero-order valence-electron chi connectivity index (χ0n) is 9.91. The number of nitrogens with zero attached hydrogens (tertiary/aromatic N) is 1. The van der Waals surface area contributed by atoms with Crippen LogP contribution in [0.3, 0.4) is 0 Å². The molecule has 1 heterocycles. The Morgan fingerprint density at radius 1 is 1.53 bits per heavy atom. The van der Waals surface area contributed by atoms with Crippen LogP contribution in [0.1, 0.15) is 27.2 Å². The maximum Gasteiger partial charge on any atom is 0.157 e. The number of methoxy groups -OCH3 is 1. The van der Waals surface area contributed by atoms with Crippen molar-refractivity contribution in [1.29, 1.82) is 0 Å². The van der Waals surface area contributed by atoms with E-state index in [1.165, 1.54) is 0 Å². The van der Waals surface area contributed by atoms with Crippen LogP contribution in [0, 0.1) is 5.41 Å². The summed E-state index contributed by atoms with van der Waals surface area (Å²) in [6.07, 6.45) is 1.43. The van der Waals surface area contributed by atoms with Crippen molar-refractivity contribution in [2.45, 2.75) is 45.4 Å². The molecular formula is C11H20N2OS. The van der Waals surface area contributed by atoms with Gasteiger partial charge in [-0.05, 0) is 13.3 Å². The van der Waals surface area contributed by atoms with Gasteiger partial charge in [-0.25, -0.2) is 0 Å². The summed E-state index contributed by atoms with van der Waals surface area (Å²) in [4.78, 5) is 4.77. The summed E-state index contributed by atoms with van der Waals surface area (Å²) in [6, 6.07) is 0.984. The van der Waals surface area contributed by atoms with Crippen molar-refractivity contribution in [1.82, 2.24) is 5.32 Å². The van der Waals surface area contributed by atoms with Crippen LogP contribution < -0.4 is 5.32 Å². The van der Waals surface area contributed by atoms with Gasteiger partial charge in [-0.15, -0.1) is 0 Å². The summed E-state index contributed by atoms with van der Waals surface area (Å²) in [5, 5.41) is 4.52. The lowest BCUT2D eigenvalue weighted by Gasteiger charge is -2.49. The molecule has 1 saturated heterocycles. The van der Waals surface area contributed by atoms with E-state index in [1.54, 1.807) is 7.11 Å². The van der Waals surface area contributed by atoms with Gasteiger partial charge in [0.05, 0.1) is 12.1 Å². The van der Waals surface area contributed by atoms with Gasteiger partial charge in [-0.3, -0.25) is 4.99 Å². The van der Waals surface area contributed by atoms with Crippen LogP contribution in [0.2, 0.25) is 0 Å². The number of amidine groups is 1. The highest BCUT2D eigenvalue weighted by molar-refractivity contribution is 8.14. The average molecular weight is 228 g/mol. The Balaban J connectivity index is 1.97. The summed E-state index contributed by atoms with van der Waals surface area (Å²) in [5.74, 6) is 1.14. The number of nitrogens with one attached hydrogen (secondary N) is 1. The molecule has 3 atom stereocenters. The van der Waals surface area contributed by atoms with Crippen molar-refractivity contribution in [3.05, 3.63) is 0 Å². The number of thioether (sulfide) groups is 1. The van der Waals surface area contributed by atoms with Crippen LogP contribution >= 0.6 is 11.8 Å². The van der Waals surface area contributed by atoms with Crippen molar-refractivity contribution < 1.29 is 4.74 Å². The minimum absolute atomic E-state index is 0.190. The van der Waals surface area contributed by atoms with Crippen molar-refractivity contribution in [2.24, 2.45) is 10.4 Å². The molecule has 0 amide bonds. The SMILES string of the molecule is COC1CC(N=C2NC(C)CS2)C1(C)C. The quantitative estimate of drug-likeness (QED) is 0.783. The van der Waals surface area contributed by atoms with Gasteiger partial charge in [-0.1, -0.05) is 25.6 Å². The van der Waals surface area contributed by atoms with Gasteiger partial charge in [0.2, 0.25) is 0 Å². The second-order valence-corrected chi connectivity index (χ2v) is 6.10. The molecule has 2 rings (SSSR count). The first-order valence-electron chi connectivity index (χ1n) is 5.54. The molecule has 1 N–H and O–H groups in total. The Morgan fingerprint density at radius 3 is 2.73 bits per heavy atom. The number of hydrogen-bond acceptors (Lipinski definition) is 3. The molecule has 0 aromatic heterocycles. The first kappa shape index (κ1) is 11.3. The Morgan fingerprint density at radius 2 is 2.27 bits per heavy atom. The Labute approximate surface area is 96.1 Å². The highest BCUT2D eigenvalue weighted by atomic mass is 32.2. The van der Waals surface area contributed by atoms with E-state index in [2.05, 4.69) is 26.1 Å². The van der Waals surface area contributed by atoms with E-state index < -0.39 is 0 Å². The molecule has 15 heavy (non-hydrogen) atoms. The molecule has 2 aliphatic rings. The van der Waals surface area contributed by atoms with Crippen LogP contribution in [0.25, 0.3) is 0 Å². The molecule has 86 valence electrons.